The largest absolute Gasteiger partial charge is 0.508 e. The molecule has 2 heterocycles. The number of pyridine rings is 1. The summed E-state index contributed by atoms with van der Waals surface area (Å²) in [7, 11) is -2.72. The fourth-order valence-electron chi connectivity index (χ4n) is 3.91. The lowest BCUT2D eigenvalue weighted by Crippen LogP contribution is -2.18. The van der Waals surface area contributed by atoms with E-state index in [2.05, 4.69) is 30.3 Å². The third-order valence-corrected chi connectivity index (χ3v) is 7.15. The van der Waals surface area contributed by atoms with Crippen molar-refractivity contribution in [1.29, 1.82) is 0 Å². The minimum Gasteiger partial charge on any atom is -0.508 e. The van der Waals surface area contributed by atoms with E-state index in [0.717, 1.165) is 0 Å². The number of nitrogens with zero attached hydrogens (tertiary/aromatic N) is 3. The fraction of sp³-hybridized carbons (Fsp3) is 0.103. The second kappa shape index (κ2) is 11.9. The molecule has 11 nitrogen and oxygen atoms in total. The lowest BCUT2D eigenvalue weighted by atomic mass is 10.2. The average Bonchev–Trinajstić information content (AvgIpc) is 2.93. The first-order valence-corrected chi connectivity index (χ1v) is 13.5. The fourth-order valence-corrected chi connectivity index (χ4v) is 4.96. The highest BCUT2D eigenvalue weighted by Gasteiger charge is 2.21. The topological polar surface area (TPSA) is 155 Å². The minimum atomic E-state index is -4.18. The van der Waals surface area contributed by atoms with Crippen molar-refractivity contribution in [3.8, 4) is 11.5 Å². The number of ether oxygens (including phenoxy) is 1. The van der Waals surface area contributed by atoms with Gasteiger partial charge in [-0.3, -0.25) is 14.5 Å². The number of benzene rings is 3. The van der Waals surface area contributed by atoms with Gasteiger partial charge in [-0.15, -0.1) is 0 Å². The number of methoxy groups -OCH3 is 1. The van der Waals surface area contributed by atoms with E-state index < -0.39 is 15.9 Å². The van der Waals surface area contributed by atoms with Crippen molar-refractivity contribution < 1.29 is 23.1 Å². The van der Waals surface area contributed by atoms with Gasteiger partial charge >= 0.3 is 0 Å². The Morgan fingerprint density at radius 1 is 0.878 bits per heavy atom. The highest BCUT2D eigenvalue weighted by Crippen LogP contribution is 2.31. The maximum Gasteiger partial charge on any atom is 0.274 e. The number of para-hydroxylation sites is 2. The molecule has 0 atom stereocenters. The van der Waals surface area contributed by atoms with Crippen LogP contribution >= 0.6 is 0 Å². The van der Waals surface area contributed by atoms with Crippen LogP contribution < -0.4 is 20.1 Å². The van der Waals surface area contributed by atoms with Crippen LogP contribution in [0, 0.1) is 6.92 Å². The summed E-state index contributed by atoms with van der Waals surface area (Å²) < 4.78 is 34.6. The zero-order chi connectivity index (χ0) is 28.3. The summed E-state index contributed by atoms with van der Waals surface area (Å²) in [4.78, 5) is 25.7. The molecule has 5 rings (SSSR count). The summed E-state index contributed by atoms with van der Waals surface area (Å²) >= 11 is 0. The van der Waals surface area contributed by atoms with E-state index in [1.54, 1.807) is 55.5 Å². The number of rotatable bonds is 8. The van der Waals surface area contributed by atoms with E-state index >= 15 is 0 Å². The molecule has 0 saturated heterocycles. The van der Waals surface area contributed by atoms with Gasteiger partial charge in [0, 0.05) is 35.8 Å². The Morgan fingerprint density at radius 3 is 2.32 bits per heavy atom. The number of aromatic nitrogens is 3. The van der Waals surface area contributed by atoms with Crippen LogP contribution in [0.2, 0.25) is 0 Å². The number of amides is 1. The van der Waals surface area contributed by atoms with Crippen molar-refractivity contribution in [3.05, 3.63) is 96.3 Å². The molecule has 0 unspecified atom stereocenters. The first-order valence-electron chi connectivity index (χ1n) is 12.0. The summed E-state index contributed by atoms with van der Waals surface area (Å²) in [5.41, 5.74) is 2.58. The number of hydrogen-bond acceptors (Lipinski definition) is 9. The molecule has 0 fully saturated rings. The summed E-state index contributed by atoms with van der Waals surface area (Å²) in [6.07, 6.45) is 1.51. The molecule has 41 heavy (non-hydrogen) atoms. The molecule has 0 aliphatic carbocycles. The van der Waals surface area contributed by atoms with Gasteiger partial charge in [-0.2, -0.15) is 0 Å². The number of phenolic OH excluding ortho intramolecular Hbond substituents is 1. The second-order valence-electron chi connectivity index (χ2n) is 8.71. The average molecular weight is 573 g/mol. The molecule has 0 bridgehead atoms. The van der Waals surface area contributed by atoms with E-state index in [1.165, 1.54) is 43.6 Å². The van der Waals surface area contributed by atoms with Crippen molar-refractivity contribution in [2.24, 2.45) is 0 Å². The monoisotopic (exact) mass is 572 g/mol. The number of hydrogen-bond donors (Lipinski definition) is 4. The van der Waals surface area contributed by atoms with E-state index in [1.807, 2.05) is 0 Å². The van der Waals surface area contributed by atoms with Crippen LogP contribution in [0.3, 0.4) is 0 Å². The van der Waals surface area contributed by atoms with E-state index in [9.17, 15) is 18.3 Å². The predicted molar refractivity (Wildman–Crippen MR) is 158 cm³/mol. The number of aromatic hydroxyl groups is 1. The molecule has 4 N–H and O–H groups in total. The molecular formula is C29H28N6O5S. The third kappa shape index (κ3) is 6.50. The van der Waals surface area contributed by atoms with Crippen LogP contribution in [-0.4, -0.2) is 41.5 Å². The van der Waals surface area contributed by atoms with Gasteiger partial charge < -0.3 is 20.5 Å². The first-order chi connectivity index (χ1) is 19.2. The van der Waals surface area contributed by atoms with Gasteiger partial charge in [-0.25, -0.2) is 18.4 Å². The quantitative estimate of drug-likeness (QED) is 0.189. The number of phenols is 1. The molecule has 3 aromatic carbocycles. The zero-order valence-electron chi connectivity index (χ0n) is 21.4. The Bertz CT molecular complexity index is 1850. The van der Waals surface area contributed by atoms with Crippen molar-refractivity contribution in [2.75, 3.05) is 22.5 Å². The molecule has 0 aliphatic heterocycles. The van der Waals surface area contributed by atoms with Crippen LogP contribution in [-0.2, 0) is 10.0 Å². The standard InChI is InChI=1S/C28H24N6O5S.CH4/c1-17-7-6-12-29-25(17)28(36)31-18-8-5-9-22(15-18)40(37,38)34-27-26(32-23-10-3-4-11-24(23)33-27)30-19-13-20(35)16-21(14-19)39-2;/h3-16,35H,1-2H3,(H,30,32)(H,31,36)(H,33,34);1H4. The smallest absolute Gasteiger partial charge is 0.274 e. The molecule has 2 aromatic heterocycles. The first kappa shape index (κ1) is 28.8. The molecule has 5 aromatic rings. The van der Waals surface area contributed by atoms with Crippen LogP contribution in [0.15, 0.2) is 90.0 Å². The molecule has 0 spiro atoms. The van der Waals surface area contributed by atoms with Gasteiger partial charge in [0.2, 0.25) is 0 Å². The predicted octanol–water partition coefficient (Wildman–Crippen LogP) is 5.48. The number of nitrogens with one attached hydrogen (secondary N) is 3. The Balaban J connectivity index is 0.00000387. The molecule has 12 heteroatoms. The normalized spacial score (nSPS) is 10.9. The lowest BCUT2D eigenvalue weighted by molar-refractivity contribution is 0.102. The number of fused-ring (bicyclic) bond motifs is 1. The van der Waals surface area contributed by atoms with Gasteiger partial charge in [-0.1, -0.05) is 31.7 Å². The van der Waals surface area contributed by atoms with Crippen LogP contribution in [0.1, 0.15) is 23.5 Å². The summed E-state index contributed by atoms with van der Waals surface area (Å²) in [5.74, 6) is -0.103. The van der Waals surface area contributed by atoms with Gasteiger partial charge in [-0.05, 0) is 48.9 Å². The molecular weight excluding hydrogens is 544 g/mol. The van der Waals surface area contributed by atoms with Crippen molar-refractivity contribution in [2.45, 2.75) is 19.2 Å². The summed E-state index contributed by atoms with van der Waals surface area (Å²) in [6, 6.07) is 20.8. The number of sulfonamides is 1. The number of aryl methyl sites for hydroxylation is 1. The maximum absolute atomic E-state index is 13.5. The second-order valence-corrected chi connectivity index (χ2v) is 10.4. The van der Waals surface area contributed by atoms with Crippen molar-refractivity contribution in [1.82, 2.24) is 15.0 Å². The van der Waals surface area contributed by atoms with E-state index in [0.29, 0.717) is 28.0 Å². The van der Waals surface area contributed by atoms with Crippen LogP contribution in [0.4, 0.5) is 23.0 Å². The number of anilines is 4. The minimum absolute atomic E-state index is 0. The van der Waals surface area contributed by atoms with Crippen LogP contribution in [0.25, 0.3) is 11.0 Å². The van der Waals surface area contributed by atoms with Crippen LogP contribution in [0.5, 0.6) is 11.5 Å². The summed E-state index contributed by atoms with van der Waals surface area (Å²) in [5, 5.41) is 15.8. The van der Waals surface area contributed by atoms with Crippen molar-refractivity contribution >= 4 is 50.0 Å². The van der Waals surface area contributed by atoms with Gasteiger partial charge in [0.05, 0.1) is 23.0 Å². The molecule has 1 amide bonds. The van der Waals surface area contributed by atoms with Crippen molar-refractivity contribution in [3.63, 3.8) is 0 Å². The SMILES string of the molecule is C.COc1cc(O)cc(Nc2nc3ccccc3nc2NS(=O)(=O)c2cccc(NC(=O)c3ncccc3C)c2)c1. The van der Waals surface area contributed by atoms with E-state index in [4.69, 9.17) is 4.74 Å². The van der Waals surface area contributed by atoms with Gasteiger partial charge in [0.1, 0.15) is 17.2 Å². The Hall–Kier alpha value is -5.23. The molecule has 210 valence electrons. The third-order valence-electron chi connectivity index (χ3n) is 5.82. The Kier molecular flexibility index (Phi) is 8.34. The molecule has 0 radical (unpaired) electrons. The zero-order valence-corrected chi connectivity index (χ0v) is 22.2. The number of carbonyl (C=O) groups excluding carboxylic acids is 1. The van der Waals surface area contributed by atoms with Gasteiger partial charge in [0.15, 0.2) is 11.6 Å². The highest BCUT2D eigenvalue weighted by molar-refractivity contribution is 7.92. The Labute approximate surface area is 237 Å². The summed E-state index contributed by atoms with van der Waals surface area (Å²) in [6.45, 7) is 1.76. The van der Waals surface area contributed by atoms with E-state index in [-0.39, 0.29) is 41.1 Å². The Morgan fingerprint density at radius 2 is 1.61 bits per heavy atom. The maximum atomic E-state index is 13.5. The lowest BCUT2D eigenvalue weighted by Gasteiger charge is -2.15. The number of carbonyl (C=O) groups is 1. The highest BCUT2D eigenvalue weighted by atomic mass is 32.2. The molecule has 0 saturated carbocycles. The van der Waals surface area contributed by atoms with Gasteiger partial charge in [0.25, 0.3) is 15.9 Å². The molecule has 0 aliphatic rings.